The van der Waals surface area contributed by atoms with E-state index in [2.05, 4.69) is 16.3 Å². The van der Waals surface area contributed by atoms with Gasteiger partial charge in [-0.05, 0) is 29.1 Å². The molecule has 0 bridgehead atoms. The lowest BCUT2D eigenvalue weighted by Gasteiger charge is -2.24. The number of allylic oxidation sites excluding steroid dienone is 1. The summed E-state index contributed by atoms with van der Waals surface area (Å²) in [5.41, 5.74) is 8.75. The molecule has 0 fully saturated rings. The molecule has 0 aliphatic carbocycles. The van der Waals surface area contributed by atoms with Crippen molar-refractivity contribution in [1.82, 2.24) is 10.2 Å². The highest BCUT2D eigenvalue weighted by atomic mass is 32.1. The lowest BCUT2D eigenvalue weighted by atomic mass is 9.83. The molecule has 3 heterocycles. The molecule has 2 aromatic heterocycles. The Kier molecular flexibility index (Phi) is 4.22. The first-order valence-corrected chi connectivity index (χ1v) is 8.97. The second kappa shape index (κ2) is 6.70. The van der Waals surface area contributed by atoms with Crippen molar-refractivity contribution in [2.45, 2.75) is 5.92 Å². The number of H-pyrrole nitrogens is 1. The Balaban J connectivity index is 1.94. The maximum Gasteiger partial charge on any atom is 0.244 e. The van der Waals surface area contributed by atoms with E-state index < -0.39 is 5.92 Å². The van der Waals surface area contributed by atoms with Crippen LogP contribution in [0.15, 0.2) is 47.2 Å². The van der Waals surface area contributed by atoms with Crippen LogP contribution in [-0.4, -0.2) is 24.4 Å². The molecule has 0 radical (unpaired) electrons. The van der Waals surface area contributed by atoms with E-state index in [0.717, 1.165) is 21.7 Å². The summed E-state index contributed by atoms with van der Waals surface area (Å²) in [6.45, 7) is 0. The molecular formula is C19H16N4O3S. The average molecular weight is 380 g/mol. The lowest BCUT2D eigenvalue weighted by Crippen LogP contribution is -2.21. The largest absolute Gasteiger partial charge is 0.493 e. The fraction of sp³-hybridized carbons (Fsp3) is 0.158. The van der Waals surface area contributed by atoms with E-state index in [0.29, 0.717) is 23.0 Å². The molecule has 8 heteroatoms. The number of aromatic nitrogens is 2. The number of nitrogens with two attached hydrogens (primary N) is 1. The monoisotopic (exact) mass is 380 g/mol. The van der Waals surface area contributed by atoms with Crippen LogP contribution in [-0.2, 0) is 0 Å². The van der Waals surface area contributed by atoms with Gasteiger partial charge in [0.15, 0.2) is 11.5 Å². The van der Waals surface area contributed by atoms with Crippen molar-refractivity contribution in [3.05, 3.63) is 58.3 Å². The van der Waals surface area contributed by atoms with E-state index >= 15 is 0 Å². The van der Waals surface area contributed by atoms with Crippen LogP contribution in [0, 0.1) is 11.3 Å². The number of nitrogens with zero attached hydrogens (tertiary/aromatic N) is 2. The Labute approximate surface area is 159 Å². The summed E-state index contributed by atoms with van der Waals surface area (Å²) in [4.78, 5) is 0.996. The number of methoxy groups -OCH3 is 2. The Hall–Kier alpha value is -3.44. The number of aromatic amines is 1. The van der Waals surface area contributed by atoms with Gasteiger partial charge in [-0.3, -0.25) is 5.10 Å². The van der Waals surface area contributed by atoms with Crippen LogP contribution in [0.3, 0.4) is 0 Å². The van der Waals surface area contributed by atoms with Crippen LogP contribution >= 0.6 is 11.3 Å². The number of rotatable bonds is 4. The van der Waals surface area contributed by atoms with Gasteiger partial charge in [0, 0.05) is 0 Å². The molecule has 1 aliphatic heterocycles. The second-order valence-electron chi connectivity index (χ2n) is 5.83. The van der Waals surface area contributed by atoms with E-state index in [-0.39, 0.29) is 5.88 Å². The third kappa shape index (κ3) is 2.69. The fourth-order valence-corrected chi connectivity index (χ4v) is 3.95. The third-order valence-electron chi connectivity index (χ3n) is 4.45. The van der Waals surface area contributed by atoms with E-state index in [9.17, 15) is 5.26 Å². The molecule has 1 aromatic carbocycles. The number of fused-ring (bicyclic) bond motifs is 1. The molecule has 0 saturated heterocycles. The first kappa shape index (κ1) is 17.0. The molecule has 27 heavy (non-hydrogen) atoms. The van der Waals surface area contributed by atoms with Gasteiger partial charge in [0.2, 0.25) is 11.8 Å². The standard InChI is InChI=1S/C19H16N4O3S/c1-24-12-6-5-10(8-13(12)25-2)15-11(9-20)18(21)26-19-16(15)17(22-23-19)14-4-3-7-27-14/h3-8,15H,21H2,1-2H3,(H,22,23). The third-order valence-corrected chi connectivity index (χ3v) is 5.33. The summed E-state index contributed by atoms with van der Waals surface area (Å²) in [6.07, 6.45) is 0. The first-order valence-electron chi connectivity index (χ1n) is 8.09. The summed E-state index contributed by atoms with van der Waals surface area (Å²) in [5.74, 6) is 1.16. The van der Waals surface area contributed by atoms with E-state index in [1.165, 1.54) is 0 Å². The number of ether oxygens (including phenoxy) is 3. The molecule has 0 spiro atoms. The zero-order chi connectivity index (χ0) is 19.0. The van der Waals surface area contributed by atoms with Crippen LogP contribution in [0.4, 0.5) is 0 Å². The normalized spacial score (nSPS) is 15.7. The highest BCUT2D eigenvalue weighted by Crippen LogP contribution is 2.47. The number of nitrogens with one attached hydrogen (secondary N) is 1. The van der Waals surface area contributed by atoms with E-state index in [1.807, 2.05) is 29.6 Å². The second-order valence-corrected chi connectivity index (χ2v) is 6.78. The number of hydrogen-bond acceptors (Lipinski definition) is 7. The number of hydrogen-bond donors (Lipinski definition) is 2. The Morgan fingerprint density at radius 2 is 2.07 bits per heavy atom. The minimum absolute atomic E-state index is 0.0500. The van der Waals surface area contributed by atoms with Crippen LogP contribution in [0.2, 0.25) is 0 Å². The molecule has 3 aromatic rings. The van der Waals surface area contributed by atoms with Crippen LogP contribution < -0.4 is 19.9 Å². The average Bonchev–Trinajstić information content (AvgIpc) is 3.35. The van der Waals surface area contributed by atoms with Crippen molar-refractivity contribution >= 4 is 11.3 Å². The van der Waals surface area contributed by atoms with E-state index in [1.54, 1.807) is 31.6 Å². The predicted octanol–water partition coefficient (Wildman–Crippen LogP) is 3.37. The molecule has 4 rings (SSSR count). The topological polar surface area (TPSA) is 106 Å². The minimum atomic E-state index is -0.436. The van der Waals surface area contributed by atoms with Gasteiger partial charge in [-0.25, -0.2) is 0 Å². The van der Waals surface area contributed by atoms with Gasteiger partial charge in [0.1, 0.15) is 11.6 Å². The fourth-order valence-electron chi connectivity index (χ4n) is 3.22. The minimum Gasteiger partial charge on any atom is -0.493 e. The molecule has 1 aliphatic rings. The van der Waals surface area contributed by atoms with Crippen molar-refractivity contribution in [2.24, 2.45) is 5.73 Å². The molecule has 0 saturated carbocycles. The molecule has 7 nitrogen and oxygen atoms in total. The number of thiophene rings is 1. The van der Waals surface area contributed by atoms with Gasteiger partial charge in [0.25, 0.3) is 0 Å². The Morgan fingerprint density at radius 3 is 2.74 bits per heavy atom. The van der Waals surface area contributed by atoms with Crippen molar-refractivity contribution in [3.8, 4) is 34.0 Å². The molecule has 1 atom stereocenters. The Bertz CT molecular complexity index is 1060. The first-order chi connectivity index (χ1) is 13.2. The van der Waals surface area contributed by atoms with Gasteiger partial charge >= 0.3 is 0 Å². The predicted molar refractivity (Wildman–Crippen MR) is 101 cm³/mol. The van der Waals surface area contributed by atoms with Gasteiger partial charge in [-0.15, -0.1) is 16.4 Å². The van der Waals surface area contributed by atoms with Gasteiger partial charge < -0.3 is 19.9 Å². The summed E-state index contributed by atoms with van der Waals surface area (Å²) in [5, 5.41) is 19.0. The van der Waals surface area contributed by atoms with Crippen LogP contribution in [0.25, 0.3) is 10.6 Å². The molecule has 136 valence electrons. The van der Waals surface area contributed by atoms with Crippen LogP contribution in [0.5, 0.6) is 17.4 Å². The van der Waals surface area contributed by atoms with Gasteiger partial charge in [-0.2, -0.15) is 5.26 Å². The zero-order valence-electron chi connectivity index (χ0n) is 14.6. The molecule has 3 N–H and O–H groups in total. The lowest BCUT2D eigenvalue weighted by molar-refractivity contribution is 0.354. The van der Waals surface area contributed by atoms with Gasteiger partial charge in [-0.1, -0.05) is 12.1 Å². The van der Waals surface area contributed by atoms with Crippen molar-refractivity contribution in [2.75, 3.05) is 14.2 Å². The van der Waals surface area contributed by atoms with Crippen LogP contribution in [0.1, 0.15) is 17.0 Å². The highest BCUT2D eigenvalue weighted by Gasteiger charge is 2.36. The smallest absolute Gasteiger partial charge is 0.244 e. The maximum atomic E-state index is 9.75. The quantitative estimate of drug-likeness (QED) is 0.719. The molecular weight excluding hydrogens is 364 g/mol. The summed E-state index contributed by atoms with van der Waals surface area (Å²) in [7, 11) is 3.15. The molecule has 1 unspecified atom stereocenters. The summed E-state index contributed by atoms with van der Waals surface area (Å²) < 4.78 is 16.4. The summed E-state index contributed by atoms with van der Waals surface area (Å²) >= 11 is 1.57. The number of nitriles is 1. The SMILES string of the molecule is COc1ccc(C2C(C#N)=C(N)Oc3n[nH]c(-c4cccs4)c32)cc1OC. The van der Waals surface area contributed by atoms with E-state index in [4.69, 9.17) is 19.9 Å². The highest BCUT2D eigenvalue weighted by molar-refractivity contribution is 7.13. The van der Waals surface area contributed by atoms with Crippen molar-refractivity contribution < 1.29 is 14.2 Å². The number of benzene rings is 1. The zero-order valence-corrected chi connectivity index (χ0v) is 15.5. The molecule has 0 amide bonds. The van der Waals surface area contributed by atoms with Gasteiger partial charge in [0.05, 0.1) is 36.3 Å². The maximum absolute atomic E-state index is 9.75. The van der Waals surface area contributed by atoms with Crippen molar-refractivity contribution in [1.29, 1.82) is 5.26 Å². The van der Waals surface area contributed by atoms with Crippen molar-refractivity contribution in [3.63, 3.8) is 0 Å². The Morgan fingerprint density at radius 1 is 1.26 bits per heavy atom. The summed E-state index contributed by atoms with van der Waals surface area (Å²) in [6, 6.07) is 11.7.